The number of carbonyl (C=O) groups excluding carboxylic acids is 1. The van der Waals surface area contributed by atoms with E-state index < -0.39 is 6.08 Å². The van der Waals surface area contributed by atoms with E-state index in [1.165, 1.54) is 0 Å². The highest BCUT2D eigenvalue weighted by atomic mass is 19.3. The zero-order valence-electron chi connectivity index (χ0n) is 5.49. The minimum atomic E-state index is -1.59. The van der Waals surface area contributed by atoms with Crippen LogP contribution in [0, 0.1) is 0 Å². The predicted octanol–water partition coefficient (Wildman–Crippen LogP) is 2.28. The first-order chi connectivity index (χ1) is 4.70. The van der Waals surface area contributed by atoms with E-state index in [0.717, 1.165) is 0 Å². The van der Waals surface area contributed by atoms with Crippen molar-refractivity contribution in [2.75, 3.05) is 0 Å². The molecule has 0 aromatic rings. The molecule has 0 bridgehead atoms. The Morgan fingerprint density at radius 1 is 1.10 bits per heavy atom. The van der Waals surface area contributed by atoms with Crippen LogP contribution in [-0.4, -0.2) is 5.78 Å². The third-order valence-electron chi connectivity index (χ3n) is 1.68. The summed E-state index contributed by atoms with van der Waals surface area (Å²) in [6.07, 6.45) is -0.464. The maximum absolute atomic E-state index is 11.8. The van der Waals surface area contributed by atoms with E-state index in [0.29, 0.717) is 12.8 Å². The van der Waals surface area contributed by atoms with Crippen molar-refractivity contribution >= 4 is 5.78 Å². The second-order valence-electron chi connectivity index (χ2n) is 2.40. The van der Waals surface area contributed by atoms with Gasteiger partial charge in [-0.3, -0.25) is 4.79 Å². The first kappa shape index (κ1) is 7.38. The van der Waals surface area contributed by atoms with Crippen LogP contribution in [0.2, 0.25) is 0 Å². The SMILES string of the molecule is O=C1CCC(=C(F)F)CC1. The van der Waals surface area contributed by atoms with Crippen molar-refractivity contribution in [3.63, 3.8) is 0 Å². The molecule has 1 nitrogen and oxygen atoms in total. The molecule has 0 N–H and O–H groups in total. The third-order valence-corrected chi connectivity index (χ3v) is 1.68. The van der Waals surface area contributed by atoms with E-state index in [1.807, 2.05) is 0 Å². The van der Waals surface area contributed by atoms with E-state index in [1.54, 1.807) is 0 Å². The van der Waals surface area contributed by atoms with Gasteiger partial charge in [-0.2, -0.15) is 8.78 Å². The molecule has 0 aromatic heterocycles. The lowest BCUT2D eigenvalue weighted by Crippen LogP contribution is -2.06. The molecule has 10 heavy (non-hydrogen) atoms. The average Bonchev–Trinajstić information content (AvgIpc) is 1.88. The summed E-state index contributed by atoms with van der Waals surface area (Å²) in [7, 11) is 0. The maximum Gasteiger partial charge on any atom is 0.269 e. The van der Waals surface area contributed by atoms with Crippen LogP contribution in [0.15, 0.2) is 11.7 Å². The molecule has 1 aliphatic carbocycles. The van der Waals surface area contributed by atoms with Crippen LogP contribution >= 0.6 is 0 Å². The van der Waals surface area contributed by atoms with Crippen molar-refractivity contribution in [3.05, 3.63) is 11.7 Å². The van der Waals surface area contributed by atoms with Gasteiger partial charge >= 0.3 is 0 Å². The van der Waals surface area contributed by atoms with Crippen molar-refractivity contribution in [1.29, 1.82) is 0 Å². The van der Waals surface area contributed by atoms with Crippen LogP contribution in [0.1, 0.15) is 25.7 Å². The smallest absolute Gasteiger partial charge is 0.269 e. The van der Waals surface area contributed by atoms with Gasteiger partial charge in [0.25, 0.3) is 6.08 Å². The predicted molar refractivity (Wildman–Crippen MR) is 32.7 cm³/mol. The highest BCUT2D eigenvalue weighted by molar-refractivity contribution is 5.80. The third kappa shape index (κ3) is 1.62. The van der Waals surface area contributed by atoms with Crippen LogP contribution in [0.5, 0.6) is 0 Å². The Morgan fingerprint density at radius 3 is 2.00 bits per heavy atom. The van der Waals surface area contributed by atoms with Crippen molar-refractivity contribution in [2.24, 2.45) is 0 Å². The lowest BCUT2D eigenvalue weighted by atomic mass is 9.95. The Labute approximate surface area is 57.7 Å². The second-order valence-corrected chi connectivity index (χ2v) is 2.40. The number of hydrogen-bond acceptors (Lipinski definition) is 1. The van der Waals surface area contributed by atoms with Gasteiger partial charge < -0.3 is 0 Å². The second kappa shape index (κ2) is 2.90. The molecule has 0 amide bonds. The Morgan fingerprint density at radius 2 is 1.60 bits per heavy atom. The standard InChI is InChI=1S/C7H8F2O/c8-7(9)5-1-3-6(10)4-2-5/h1-4H2. The summed E-state index contributed by atoms with van der Waals surface area (Å²) in [4.78, 5) is 10.6. The van der Waals surface area contributed by atoms with Gasteiger partial charge in [0.2, 0.25) is 0 Å². The molecule has 0 aromatic carbocycles. The fourth-order valence-electron chi connectivity index (χ4n) is 1.02. The normalized spacial score (nSPS) is 19.4. The van der Waals surface area contributed by atoms with E-state index in [9.17, 15) is 13.6 Å². The zero-order valence-corrected chi connectivity index (χ0v) is 5.49. The van der Waals surface area contributed by atoms with Crippen LogP contribution in [0.25, 0.3) is 0 Å². The Kier molecular flexibility index (Phi) is 2.14. The molecule has 1 fully saturated rings. The Bertz CT molecular complexity index is 168. The number of carbonyl (C=O) groups is 1. The summed E-state index contributed by atoms with van der Waals surface area (Å²) >= 11 is 0. The molecule has 0 unspecified atom stereocenters. The number of hydrogen-bond donors (Lipinski definition) is 0. The molecule has 0 spiro atoms. The van der Waals surface area contributed by atoms with Crippen LogP contribution in [0.3, 0.4) is 0 Å². The van der Waals surface area contributed by atoms with Gasteiger partial charge in [-0.25, -0.2) is 0 Å². The number of Topliss-reactive ketones (excluding diaryl/α,β-unsaturated/α-hetero) is 1. The van der Waals surface area contributed by atoms with Gasteiger partial charge in [-0.1, -0.05) is 0 Å². The van der Waals surface area contributed by atoms with Crippen LogP contribution in [-0.2, 0) is 4.79 Å². The summed E-state index contributed by atoms with van der Waals surface area (Å²) in [6, 6.07) is 0. The van der Waals surface area contributed by atoms with Crippen molar-refractivity contribution < 1.29 is 13.6 Å². The number of halogens is 2. The number of allylic oxidation sites excluding steroid dienone is 1. The van der Waals surface area contributed by atoms with Gasteiger partial charge in [0, 0.05) is 12.8 Å². The monoisotopic (exact) mass is 146 g/mol. The van der Waals surface area contributed by atoms with Crippen molar-refractivity contribution in [2.45, 2.75) is 25.7 Å². The summed E-state index contributed by atoms with van der Waals surface area (Å²) in [5.74, 6) is 0.102. The quantitative estimate of drug-likeness (QED) is 0.512. The molecule has 0 aliphatic heterocycles. The molecular formula is C7H8F2O. The Hall–Kier alpha value is -0.730. The molecule has 3 heteroatoms. The molecule has 0 atom stereocenters. The number of ketones is 1. The summed E-state index contributed by atoms with van der Waals surface area (Å²) in [6.45, 7) is 0. The van der Waals surface area contributed by atoms with Crippen molar-refractivity contribution in [1.82, 2.24) is 0 Å². The van der Waals surface area contributed by atoms with Crippen LogP contribution in [0.4, 0.5) is 8.78 Å². The lowest BCUT2D eigenvalue weighted by molar-refractivity contribution is -0.119. The largest absolute Gasteiger partial charge is 0.300 e. The summed E-state index contributed by atoms with van der Waals surface area (Å²) in [5, 5.41) is 0. The fourth-order valence-corrected chi connectivity index (χ4v) is 1.02. The molecule has 0 radical (unpaired) electrons. The van der Waals surface area contributed by atoms with E-state index in [4.69, 9.17) is 0 Å². The van der Waals surface area contributed by atoms with Crippen molar-refractivity contribution in [3.8, 4) is 0 Å². The minimum absolute atomic E-state index is 0.102. The van der Waals surface area contributed by atoms with Gasteiger partial charge in [0.15, 0.2) is 0 Å². The zero-order chi connectivity index (χ0) is 7.56. The summed E-state index contributed by atoms with van der Waals surface area (Å²) in [5.41, 5.74) is 0.166. The van der Waals surface area contributed by atoms with Gasteiger partial charge in [-0.05, 0) is 18.4 Å². The van der Waals surface area contributed by atoms with Gasteiger partial charge in [-0.15, -0.1) is 0 Å². The first-order valence-electron chi connectivity index (χ1n) is 3.25. The highest BCUT2D eigenvalue weighted by Gasteiger charge is 2.15. The maximum atomic E-state index is 11.8. The molecule has 1 aliphatic rings. The van der Waals surface area contributed by atoms with E-state index in [2.05, 4.69) is 0 Å². The topological polar surface area (TPSA) is 17.1 Å². The van der Waals surface area contributed by atoms with Gasteiger partial charge in [0.1, 0.15) is 5.78 Å². The molecule has 0 heterocycles. The Balaban J connectivity index is 2.56. The minimum Gasteiger partial charge on any atom is -0.300 e. The average molecular weight is 146 g/mol. The highest BCUT2D eigenvalue weighted by Crippen LogP contribution is 2.24. The van der Waals surface area contributed by atoms with E-state index >= 15 is 0 Å². The summed E-state index contributed by atoms with van der Waals surface area (Å²) < 4.78 is 23.6. The van der Waals surface area contributed by atoms with Gasteiger partial charge in [0.05, 0.1) is 0 Å². The molecule has 1 rings (SSSR count). The molecule has 1 saturated carbocycles. The lowest BCUT2D eigenvalue weighted by Gasteiger charge is -2.10. The number of rotatable bonds is 0. The molecule has 0 saturated heterocycles. The van der Waals surface area contributed by atoms with Crippen LogP contribution < -0.4 is 0 Å². The fraction of sp³-hybridized carbons (Fsp3) is 0.571. The first-order valence-corrected chi connectivity index (χ1v) is 3.25. The van der Waals surface area contributed by atoms with E-state index in [-0.39, 0.29) is 24.2 Å². The molecular weight excluding hydrogens is 138 g/mol. The molecule has 56 valence electrons.